The SMILES string of the molecule is C=CC(=C)CC/C=C(\C)CN1CCOCC1. The van der Waals surface area contributed by atoms with Gasteiger partial charge in [0.05, 0.1) is 13.2 Å². The van der Waals surface area contributed by atoms with Crippen molar-refractivity contribution in [2.24, 2.45) is 0 Å². The lowest BCUT2D eigenvalue weighted by Gasteiger charge is -2.26. The van der Waals surface area contributed by atoms with Crippen LogP contribution in [-0.2, 0) is 4.74 Å². The molecule has 1 saturated heterocycles. The van der Waals surface area contributed by atoms with Gasteiger partial charge in [0, 0.05) is 19.6 Å². The molecule has 90 valence electrons. The molecule has 0 N–H and O–H groups in total. The average Bonchev–Trinajstić information content (AvgIpc) is 2.30. The zero-order valence-corrected chi connectivity index (χ0v) is 10.4. The quantitative estimate of drug-likeness (QED) is 0.505. The van der Waals surface area contributed by atoms with E-state index in [-0.39, 0.29) is 0 Å². The lowest BCUT2D eigenvalue weighted by molar-refractivity contribution is 0.0422. The average molecular weight is 221 g/mol. The summed E-state index contributed by atoms with van der Waals surface area (Å²) in [6.45, 7) is 14.8. The third-order valence-electron chi connectivity index (χ3n) is 2.82. The van der Waals surface area contributed by atoms with Crippen LogP contribution in [0.4, 0.5) is 0 Å². The summed E-state index contributed by atoms with van der Waals surface area (Å²) in [4.78, 5) is 2.44. The van der Waals surface area contributed by atoms with E-state index in [1.54, 1.807) is 0 Å². The second-order valence-corrected chi connectivity index (χ2v) is 4.34. The molecular formula is C14H23NO. The van der Waals surface area contributed by atoms with Gasteiger partial charge in [-0.25, -0.2) is 0 Å². The molecule has 0 aromatic heterocycles. The molecule has 2 heteroatoms. The first kappa shape index (κ1) is 13.2. The predicted octanol–water partition coefficient (Wildman–Crippen LogP) is 2.79. The van der Waals surface area contributed by atoms with Gasteiger partial charge in [-0.2, -0.15) is 0 Å². The van der Waals surface area contributed by atoms with Crippen LogP contribution in [0, 0.1) is 0 Å². The highest BCUT2D eigenvalue weighted by Crippen LogP contribution is 2.08. The van der Waals surface area contributed by atoms with Crippen molar-refractivity contribution in [1.29, 1.82) is 0 Å². The van der Waals surface area contributed by atoms with Crippen molar-refractivity contribution in [3.8, 4) is 0 Å². The van der Waals surface area contributed by atoms with Crippen molar-refractivity contribution < 1.29 is 4.74 Å². The Hall–Kier alpha value is -0.860. The molecule has 16 heavy (non-hydrogen) atoms. The Morgan fingerprint density at radius 3 is 2.69 bits per heavy atom. The Kier molecular flexibility index (Phi) is 6.12. The van der Waals surface area contributed by atoms with Crippen LogP contribution < -0.4 is 0 Å². The number of morpholine rings is 1. The maximum absolute atomic E-state index is 5.32. The van der Waals surface area contributed by atoms with Crippen molar-refractivity contribution in [1.82, 2.24) is 4.90 Å². The molecule has 0 unspecified atom stereocenters. The van der Waals surface area contributed by atoms with Crippen molar-refractivity contribution in [2.45, 2.75) is 19.8 Å². The van der Waals surface area contributed by atoms with Crippen LogP contribution in [0.1, 0.15) is 19.8 Å². The van der Waals surface area contributed by atoms with E-state index >= 15 is 0 Å². The fourth-order valence-corrected chi connectivity index (χ4v) is 1.78. The zero-order valence-electron chi connectivity index (χ0n) is 10.4. The van der Waals surface area contributed by atoms with Crippen molar-refractivity contribution in [2.75, 3.05) is 32.8 Å². The second kappa shape index (κ2) is 7.42. The summed E-state index contributed by atoms with van der Waals surface area (Å²) < 4.78 is 5.32. The van der Waals surface area contributed by atoms with Crippen LogP contribution in [0.15, 0.2) is 36.5 Å². The standard InChI is InChI=1S/C14H23NO/c1-4-13(2)6-5-7-14(3)12-15-8-10-16-11-9-15/h4,7H,1-2,5-6,8-12H2,3H3/b14-7+. The van der Waals surface area contributed by atoms with Gasteiger partial charge in [0.2, 0.25) is 0 Å². The van der Waals surface area contributed by atoms with Crippen LogP contribution >= 0.6 is 0 Å². The van der Waals surface area contributed by atoms with Crippen LogP contribution in [0.5, 0.6) is 0 Å². The highest BCUT2D eigenvalue weighted by atomic mass is 16.5. The molecule has 0 aliphatic carbocycles. The van der Waals surface area contributed by atoms with Gasteiger partial charge in [0.1, 0.15) is 0 Å². The maximum Gasteiger partial charge on any atom is 0.0594 e. The molecule has 0 saturated carbocycles. The fraction of sp³-hybridized carbons (Fsp3) is 0.571. The van der Waals surface area contributed by atoms with Crippen molar-refractivity contribution in [3.63, 3.8) is 0 Å². The van der Waals surface area contributed by atoms with Gasteiger partial charge < -0.3 is 4.74 Å². The molecule has 2 nitrogen and oxygen atoms in total. The van der Waals surface area contributed by atoms with Gasteiger partial charge in [-0.3, -0.25) is 4.90 Å². The molecule has 1 fully saturated rings. The van der Waals surface area contributed by atoms with E-state index in [1.807, 2.05) is 6.08 Å². The summed E-state index contributed by atoms with van der Waals surface area (Å²) >= 11 is 0. The molecule has 1 aliphatic heterocycles. The lowest BCUT2D eigenvalue weighted by Crippen LogP contribution is -2.37. The molecule has 0 aromatic carbocycles. The van der Waals surface area contributed by atoms with Gasteiger partial charge >= 0.3 is 0 Å². The third kappa shape index (κ3) is 5.29. The highest BCUT2D eigenvalue weighted by molar-refractivity contribution is 5.12. The normalized spacial score (nSPS) is 18.4. The van der Waals surface area contributed by atoms with Gasteiger partial charge in [-0.1, -0.05) is 36.5 Å². The van der Waals surface area contributed by atoms with E-state index in [0.717, 1.165) is 51.3 Å². The first-order chi connectivity index (χ1) is 7.72. The minimum atomic E-state index is 0.876. The molecule has 0 aromatic rings. The number of rotatable bonds is 6. The Morgan fingerprint density at radius 1 is 1.38 bits per heavy atom. The monoisotopic (exact) mass is 221 g/mol. The molecule has 0 amide bonds. The van der Waals surface area contributed by atoms with Gasteiger partial charge in [0.25, 0.3) is 0 Å². The zero-order chi connectivity index (χ0) is 11.8. The Labute approximate surface area is 99.3 Å². The summed E-state index contributed by atoms with van der Waals surface area (Å²) in [5.74, 6) is 0. The van der Waals surface area contributed by atoms with Crippen LogP contribution in [0.3, 0.4) is 0 Å². The second-order valence-electron chi connectivity index (χ2n) is 4.34. The smallest absolute Gasteiger partial charge is 0.0594 e. The summed E-state index contributed by atoms with van der Waals surface area (Å²) in [6, 6.07) is 0. The molecule has 1 heterocycles. The fourth-order valence-electron chi connectivity index (χ4n) is 1.78. The summed E-state index contributed by atoms with van der Waals surface area (Å²) in [5, 5.41) is 0. The van der Waals surface area contributed by atoms with E-state index in [9.17, 15) is 0 Å². The predicted molar refractivity (Wildman–Crippen MR) is 69.6 cm³/mol. The number of allylic oxidation sites excluding steroid dienone is 3. The molecule has 0 spiro atoms. The van der Waals surface area contributed by atoms with Crippen molar-refractivity contribution >= 4 is 0 Å². The van der Waals surface area contributed by atoms with E-state index < -0.39 is 0 Å². The highest BCUT2D eigenvalue weighted by Gasteiger charge is 2.09. The van der Waals surface area contributed by atoms with Gasteiger partial charge in [-0.05, 0) is 19.8 Å². The lowest BCUT2D eigenvalue weighted by atomic mass is 10.1. The van der Waals surface area contributed by atoms with Crippen LogP contribution in [0.25, 0.3) is 0 Å². The van der Waals surface area contributed by atoms with Gasteiger partial charge in [0.15, 0.2) is 0 Å². The number of hydrogen-bond acceptors (Lipinski definition) is 2. The molecule has 1 aliphatic rings. The molecule has 0 bridgehead atoms. The van der Waals surface area contributed by atoms with Crippen LogP contribution in [-0.4, -0.2) is 37.7 Å². The molecule has 0 radical (unpaired) electrons. The van der Waals surface area contributed by atoms with Gasteiger partial charge in [-0.15, -0.1) is 0 Å². The summed E-state index contributed by atoms with van der Waals surface area (Å²) in [6.07, 6.45) is 6.24. The molecular weight excluding hydrogens is 198 g/mol. The summed E-state index contributed by atoms with van der Waals surface area (Å²) in [7, 11) is 0. The maximum atomic E-state index is 5.32. The van der Waals surface area contributed by atoms with E-state index in [1.165, 1.54) is 5.57 Å². The minimum Gasteiger partial charge on any atom is -0.379 e. The number of ether oxygens (including phenoxy) is 1. The Morgan fingerprint density at radius 2 is 2.06 bits per heavy atom. The molecule has 1 rings (SSSR count). The Bertz CT molecular complexity index is 262. The first-order valence-corrected chi connectivity index (χ1v) is 5.98. The van der Waals surface area contributed by atoms with Crippen LogP contribution in [0.2, 0.25) is 0 Å². The topological polar surface area (TPSA) is 12.5 Å². The van der Waals surface area contributed by atoms with E-state index in [4.69, 9.17) is 4.74 Å². The largest absolute Gasteiger partial charge is 0.379 e. The first-order valence-electron chi connectivity index (χ1n) is 5.98. The summed E-state index contributed by atoms with van der Waals surface area (Å²) in [5.41, 5.74) is 2.56. The minimum absolute atomic E-state index is 0.876. The number of nitrogens with zero attached hydrogens (tertiary/aromatic N) is 1. The van der Waals surface area contributed by atoms with E-state index in [0.29, 0.717) is 0 Å². The third-order valence-corrected chi connectivity index (χ3v) is 2.82. The Balaban J connectivity index is 2.21. The number of hydrogen-bond donors (Lipinski definition) is 0. The van der Waals surface area contributed by atoms with Crippen molar-refractivity contribution in [3.05, 3.63) is 36.5 Å². The van der Waals surface area contributed by atoms with E-state index in [2.05, 4.69) is 31.1 Å². The molecule has 0 atom stereocenters.